The lowest BCUT2D eigenvalue weighted by Gasteiger charge is -2.12. The van der Waals surface area contributed by atoms with Gasteiger partial charge >= 0.3 is 0 Å². The maximum atomic E-state index is 9.41. The lowest BCUT2D eigenvalue weighted by molar-refractivity contribution is 0.225. The highest BCUT2D eigenvalue weighted by atomic mass is 16.3. The first-order valence-corrected chi connectivity index (χ1v) is 6.84. The summed E-state index contributed by atoms with van der Waals surface area (Å²) in [5.74, 6) is 0.722. The van der Waals surface area contributed by atoms with Crippen molar-refractivity contribution >= 4 is 0 Å². The zero-order valence-corrected chi connectivity index (χ0v) is 11.5. The van der Waals surface area contributed by atoms with Crippen molar-refractivity contribution in [3.05, 3.63) is 72.4 Å². The van der Waals surface area contributed by atoms with E-state index in [1.54, 1.807) is 6.26 Å². The molecule has 2 aromatic heterocycles. The van der Waals surface area contributed by atoms with E-state index in [9.17, 15) is 5.11 Å². The molecule has 0 bridgehead atoms. The molecule has 108 valence electrons. The number of nitrogens with one attached hydrogen (secondary N) is 1. The van der Waals surface area contributed by atoms with Crippen LogP contribution in [0.25, 0.3) is 5.69 Å². The molecule has 3 aromatic rings. The molecule has 1 atom stereocenters. The number of hydrogen-bond acceptors (Lipinski definition) is 4. The van der Waals surface area contributed by atoms with Crippen LogP contribution in [-0.2, 0) is 6.54 Å². The Morgan fingerprint density at radius 1 is 1.14 bits per heavy atom. The van der Waals surface area contributed by atoms with Gasteiger partial charge in [-0.2, -0.15) is 5.10 Å². The van der Waals surface area contributed by atoms with Crippen molar-refractivity contribution in [2.75, 3.05) is 6.61 Å². The Kier molecular flexibility index (Phi) is 4.14. The molecule has 2 N–H and O–H groups in total. The third-order valence-electron chi connectivity index (χ3n) is 3.26. The molecule has 0 fully saturated rings. The molecule has 0 aliphatic heterocycles. The predicted octanol–water partition coefficient (Wildman–Crippen LogP) is 2.29. The number of para-hydroxylation sites is 1. The van der Waals surface area contributed by atoms with Gasteiger partial charge in [0.25, 0.3) is 0 Å². The van der Waals surface area contributed by atoms with Crippen LogP contribution in [0.2, 0.25) is 0 Å². The summed E-state index contributed by atoms with van der Waals surface area (Å²) in [7, 11) is 0. The summed E-state index contributed by atoms with van der Waals surface area (Å²) < 4.78 is 7.13. The summed E-state index contributed by atoms with van der Waals surface area (Å²) in [6.45, 7) is 0.540. The lowest BCUT2D eigenvalue weighted by Crippen LogP contribution is -2.23. The summed E-state index contributed by atoms with van der Waals surface area (Å²) in [5, 5.41) is 17.2. The van der Waals surface area contributed by atoms with Gasteiger partial charge in [0.2, 0.25) is 0 Å². The van der Waals surface area contributed by atoms with E-state index < -0.39 is 0 Å². The largest absolute Gasteiger partial charge is 0.468 e. The highest BCUT2D eigenvalue weighted by molar-refractivity contribution is 5.30. The minimum absolute atomic E-state index is 0.0209. The van der Waals surface area contributed by atoms with E-state index in [0.29, 0.717) is 6.54 Å². The molecular weight excluding hydrogens is 266 g/mol. The van der Waals surface area contributed by atoms with Crippen molar-refractivity contribution in [3.63, 3.8) is 0 Å². The maximum Gasteiger partial charge on any atom is 0.123 e. The molecule has 2 heterocycles. The second-order valence-electron chi connectivity index (χ2n) is 4.72. The van der Waals surface area contributed by atoms with Gasteiger partial charge in [0.15, 0.2) is 0 Å². The van der Waals surface area contributed by atoms with E-state index in [4.69, 9.17) is 4.42 Å². The quantitative estimate of drug-likeness (QED) is 0.728. The first-order valence-electron chi connectivity index (χ1n) is 6.84. The molecule has 0 aliphatic carbocycles. The Labute approximate surface area is 122 Å². The van der Waals surface area contributed by atoms with Crippen molar-refractivity contribution in [2.45, 2.75) is 12.6 Å². The van der Waals surface area contributed by atoms with Crippen LogP contribution >= 0.6 is 0 Å². The first-order chi connectivity index (χ1) is 10.4. The predicted molar refractivity (Wildman–Crippen MR) is 78.9 cm³/mol. The second-order valence-corrected chi connectivity index (χ2v) is 4.72. The third-order valence-corrected chi connectivity index (χ3v) is 3.26. The van der Waals surface area contributed by atoms with Crippen LogP contribution in [0.3, 0.4) is 0 Å². The summed E-state index contributed by atoms with van der Waals surface area (Å²) >= 11 is 0. The van der Waals surface area contributed by atoms with E-state index in [1.165, 1.54) is 0 Å². The van der Waals surface area contributed by atoms with E-state index in [2.05, 4.69) is 10.4 Å². The fourth-order valence-corrected chi connectivity index (χ4v) is 2.15. The zero-order chi connectivity index (χ0) is 14.5. The molecular formula is C16H17N3O2. The van der Waals surface area contributed by atoms with Crippen LogP contribution in [0.1, 0.15) is 17.5 Å². The molecule has 1 unspecified atom stereocenters. The maximum absolute atomic E-state index is 9.41. The normalized spacial score (nSPS) is 12.4. The molecule has 5 heteroatoms. The van der Waals surface area contributed by atoms with Crippen molar-refractivity contribution in [3.8, 4) is 5.69 Å². The van der Waals surface area contributed by atoms with E-state index in [0.717, 1.165) is 17.1 Å². The van der Waals surface area contributed by atoms with Gasteiger partial charge in [-0.05, 0) is 30.3 Å². The Morgan fingerprint density at radius 2 is 2.00 bits per heavy atom. The number of furan rings is 1. The van der Waals surface area contributed by atoms with Gasteiger partial charge in [0.1, 0.15) is 5.76 Å². The minimum atomic E-state index is -0.220. The smallest absolute Gasteiger partial charge is 0.123 e. The Morgan fingerprint density at radius 3 is 2.71 bits per heavy atom. The van der Waals surface area contributed by atoms with Gasteiger partial charge in [-0.25, -0.2) is 4.68 Å². The number of aliphatic hydroxyl groups is 1. The average Bonchev–Trinajstić information content (AvgIpc) is 3.20. The topological polar surface area (TPSA) is 63.2 Å². The second kappa shape index (κ2) is 6.39. The van der Waals surface area contributed by atoms with E-state index >= 15 is 0 Å². The number of aliphatic hydroxyl groups excluding tert-OH is 1. The molecule has 3 rings (SSSR count). The first kappa shape index (κ1) is 13.6. The molecule has 21 heavy (non-hydrogen) atoms. The highest BCUT2D eigenvalue weighted by Gasteiger charge is 2.13. The van der Waals surface area contributed by atoms with E-state index in [-0.39, 0.29) is 12.6 Å². The van der Waals surface area contributed by atoms with Crippen LogP contribution < -0.4 is 5.32 Å². The number of aromatic nitrogens is 2. The molecule has 0 amide bonds. The van der Waals surface area contributed by atoms with Gasteiger partial charge < -0.3 is 9.52 Å². The Bertz CT molecular complexity index is 662. The van der Waals surface area contributed by atoms with E-state index in [1.807, 2.05) is 59.4 Å². The lowest BCUT2D eigenvalue weighted by atomic mass is 10.2. The van der Waals surface area contributed by atoms with Crippen LogP contribution in [-0.4, -0.2) is 21.5 Å². The molecule has 0 radical (unpaired) electrons. The van der Waals surface area contributed by atoms with Crippen LogP contribution in [0.5, 0.6) is 0 Å². The average molecular weight is 283 g/mol. The number of hydrogen-bond donors (Lipinski definition) is 2. The van der Waals surface area contributed by atoms with Crippen molar-refractivity contribution in [2.24, 2.45) is 0 Å². The molecule has 0 saturated heterocycles. The van der Waals surface area contributed by atoms with Gasteiger partial charge in [-0.3, -0.25) is 5.32 Å². The van der Waals surface area contributed by atoms with Crippen LogP contribution in [0.4, 0.5) is 0 Å². The van der Waals surface area contributed by atoms with Crippen LogP contribution in [0, 0.1) is 0 Å². The summed E-state index contributed by atoms with van der Waals surface area (Å²) in [6.07, 6.45) is 3.52. The minimum Gasteiger partial charge on any atom is -0.468 e. The number of benzene rings is 1. The molecule has 1 aromatic carbocycles. The van der Waals surface area contributed by atoms with Gasteiger partial charge in [-0.15, -0.1) is 0 Å². The fourth-order valence-electron chi connectivity index (χ4n) is 2.15. The third kappa shape index (κ3) is 3.21. The summed E-state index contributed by atoms with van der Waals surface area (Å²) in [5.41, 5.74) is 1.93. The molecule has 0 saturated carbocycles. The van der Waals surface area contributed by atoms with Crippen molar-refractivity contribution < 1.29 is 9.52 Å². The zero-order valence-electron chi connectivity index (χ0n) is 11.5. The molecule has 5 nitrogen and oxygen atoms in total. The van der Waals surface area contributed by atoms with Gasteiger partial charge in [0.05, 0.1) is 30.3 Å². The Balaban J connectivity index is 1.65. The molecule has 0 aliphatic rings. The van der Waals surface area contributed by atoms with Crippen molar-refractivity contribution in [1.82, 2.24) is 15.1 Å². The van der Waals surface area contributed by atoms with Gasteiger partial charge in [-0.1, -0.05) is 18.2 Å². The molecule has 0 spiro atoms. The Hall–Kier alpha value is -2.37. The number of rotatable bonds is 6. The fraction of sp³-hybridized carbons (Fsp3) is 0.188. The van der Waals surface area contributed by atoms with Crippen molar-refractivity contribution in [1.29, 1.82) is 0 Å². The SMILES string of the molecule is OCC(NCc1ccn(-c2ccccc2)n1)c1ccco1. The summed E-state index contributed by atoms with van der Waals surface area (Å²) in [4.78, 5) is 0. The standard InChI is InChI=1S/C16H17N3O2/c20-12-15(16-7-4-10-21-16)17-11-13-8-9-19(18-13)14-5-2-1-3-6-14/h1-10,15,17,20H,11-12H2. The monoisotopic (exact) mass is 283 g/mol. The van der Waals surface area contributed by atoms with Crippen LogP contribution in [0.15, 0.2) is 65.4 Å². The highest BCUT2D eigenvalue weighted by Crippen LogP contribution is 2.13. The number of nitrogens with zero attached hydrogens (tertiary/aromatic N) is 2. The van der Waals surface area contributed by atoms with Gasteiger partial charge in [0, 0.05) is 12.7 Å². The summed E-state index contributed by atoms with van der Waals surface area (Å²) in [6, 6.07) is 15.3.